The van der Waals surface area contributed by atoms with Gasteiger partial charge in [-0.15, -0.1) is 0 Å². The third-order valence-corrected chi connectivity index (χ3v) is 2.87. The average Bonchev–Trinajstić information content (AvgIpc) is 2.77. The number of amides is 1. The van der Waals surface area contributed by atoms with Gasteiger partial charge in [0.1, 0.15) is 0 Å². The number of nitrogens with one attached hydrogen (secondary N) is 1. The first kappa shape index (κ1) is 12.3. The zero-order valence-corrected chi connectivity index (χ0v) is 10.8. The van der Waals surface area contributed by atoms with Crippen LogP contribution in [0.3, 0.4) is 0 Å². The van der Waals surface area contributed by atoms with Crippen molar-refractivity contribution >= 4 is 5.91 Å². The zero-order chi connectivity index (χ0) is 13.1. The molecule has 1 amide bonds. The Morgan fingerprint density at radius 1 is 1.39 bits per heavy atom. The number of aromatic nitrogens is 3. The number of hydrogen-bond acceptors (Lipinski definition) is 3. The SMILES string of the molecule is Cc1cc(CNC(=O)c2nccn2C)cnc1C. The highest BCUT2D eigenvalue weighted by atomic mass is 16.2. The van der Waals surface area contributed by atoms with Gasteiger partial charge < -0.3 is 9.88 Å². The van der Waals surface area contributed by atoms with Crippen LogP contribution in [0.5, 0.6) is 0 Å². The Morgan fingerprint density at radius 2 is 2.17 bits per heavy atom. The van der Waals surface area contributed by atoms with Crippen LogP contribution in [0.15, 0.2) is 24.7 Å². The number of rotatable bonds is 3. The fraction of sp³-hybridized carbons (Fsp3) is 0.308. The van der Waals surface area contributed by atoms with Crippen LogP contribution in [0.25, 0.3) is 0 Å². The van der Waals surface area contributed by atoms with Crippen LogP contribution in [-0.4, -0.2) is 20.4 Å². The van der Waals surface area contributed by atoms with E-state index >= 15 is 0 Å². The summed E-state index contributed by atoms with van der Waals surface area (Å²) in [5.41, 5.74) is 3.12. The highest BCUT2D eigenvalue weighted by molar-refractivity contribution is 5.90. The number of imidazole rings is 1. The first-order valence-corrected chi connectivity index (χ1v) is 5.75. The van der Waals surface area contributed by atoms with E-state index in [0.717, 1.165) is 16.8 Å². The second kappa shape index (κ2) is 5.00. The third-order valence-electron chi connectivity index (χ3n) is 2.87. The number of carbonyl (C=O) groups excluding carboxylic acids is 1. The monoisotopic (exact) mass is 244 g/mol. The molecule has 94 valence electrons. The summed E-state index contributed by atoms with van der Waals surface area (Å²) in [5, 5.41) is 2.83. The van der Waals surface area contributed by atoms with E-state index < -0.39 is 0 Å². The molecule has 0 unspecified atom stereocenters. The highest BCUT2D eigenvalue weighted by Crippen LogP contribution is 2.06. The van der Waals surface area contributed by atoms with Gasteiger partial charge in [-0.1, -0.05) is 6.07 Å². The maximum absolute atomic E-state index is 11.8. The van der Waals surface area contributed by atoms with Gasteiger partial charge >= 0.3 is 0 Å². The van der Waals surface area contributed by atoms with Gasteiger partial charge in [0.25, 0.3) is 5.91 Å². The van der Waals surface area contributed by atoms with E-state index in [0.29, 0.717) is 12.4 Å². The maximum atomic E-state index is 11.8. The number of hydrogen-bond donors (Lipinski definition) is 1. The smallest absolute Gasteiger partial charge is 0.287 e. The molecule has 5 heteroatoms. The molecule has 0 radical (unpaired) electrons. The summed E-state index contributed by atoms with van der Waals surface area (Å²) in [7, 11) is 1.79. The van der Waals surface area contributed by atoms with Crippen molar-refractivity contribution in [3.63, 3.8) is 0 Å². The summed E-state index contributed by atoms with van der Waals surface area (Å²) in [5.74, 6) is 0.229. The van der Waals surface area contributed by atoms with Crippen LogP contribution < -0.4 is 5.32 Å². The maximum Gasteiger partial charge on any atom is 0.287 e. The summed E-state index contributed by atoms with van der Waals surface area (Å²) in [6, 6.07) is 2.03. The first-order valence-electron chi connectivity index (χ1n) is 5.75. The van der Waals surface area contributed by atoms with Crippen LogP contribution in [0.1, 0.15) is 27.4 Å². The molecule has 0 spiro atoms. The molecule has 2 aromatic heterocycles. The first-order chi connectivity index (χ1) is 8.58. The van der Waals surface area contributed by atoms with Crippen LogP contribution in [-0.2, 0) is 13.6 Å². The average molecular weight is 244 g/mol. The summed E-state index contributed by atoms with van der Waals surface area (Å²) < 4.78 is 1.69. The van der Waals surface area contributed by atoms with Crippen LogP contribution >= 0.6 is 0 Å². The van der Waals surface area contributed by atoms with Gasteiger partial charge in [0.2, 0.25) is 0 Å². The standard InChI is InChI=1S/C13H16N4O/c1-9-6-11(7-15-10(9)2)8-16-13(18)12-14-4-5-17(12)3/h4-7H,8H2,1-3H3,(H,16,18). The predicted octanol–water partition coefficient (Wildman–Crippen LogP) is 1.36. The van der Waals surface area contributed by atoms with Crippen molar-refractivity contribution in [3.05, 3.63) is 47.3 Å². The van der Waals surface area contributed by atoms with Crippen molar-refractivity contribution in [2.24, 2.45) is 7.05 Å². The molecular formula is C13H16N4O. The summed E-state index contributed by atoms with van der Waals surface area (Å²) in [6.07, 6.45) is 5.13. The molecule has 0 aromatic carbocycles. The van der Waals surface area contributed by atoms with Crippen molar-refractivity contribution in [2.45, 2.75) is 20.4 Å². The quantitative estimate of drug-likeness (QED) is 0.887. The molecule has 2 aromatic rings. The van der Waals surface area contributed by atoms with Crippen LogP contribution in [0.2, 0.25) is 0 Å². The summed E-state index contributed by atoms with van der Waals surface area (Å²) in [6.45, 7) is 4.43. The molecule has 2 heterocycles. The van der Waals surface area contributed by atoms with E-state index in [1.165, 1.54) is 0 Å². The number of pyridine rings is 1. The van der Waals surface area contributed by atoms with Gasteiger partial charge in [0, 0.05) is 37.9 Å². The minimum atomic E-state index is -0.180. The molecule has 0 aliphatic rings. The van der Waals surface area contributed by atoms with E-state index in [-0.39, 0.29) is 5.91 Å². The van der Waals surface area contributed by atoms with E-state index in [1.807, 2.05) is 19.9 Å². The van der Waals surface area contributed by atoms with E-state index in [9.17, 15) is 4.79 Å². The Hall–Kier alpha value is -2.17. The second-order valence-corrected chi connectivity index (χ2v) is 4.29. The van der Waals surface area contributed by atoms with Crippen LogP contribution in [0.4, 0.5) is 0 Å². The van der Waals surface area contributed by atoms with Gasteiger partial charge in [-0.2, -0.15) is 0 Å². The largest absolute Gasteiger partial charge is 0.345 e. The summed E-state index contributed by atoms with van der Waals surface area (Å²) >= 11 is 0. The summed E-state index contributed by atoms with van der Waals surface area (Å²) in [4.78, 5) is 20.1. The lowest BCUT2D eigenvalue weighted by Crippen LogP contribution is -2.25. The number of nitrogens with zero attached hydrogens (tertiary/aromatic N) is 3. The molecule has 0 aliphatic heterocycles. The molecule has 1 N–H and O–H groups in total. The van der Waals surface area contributed by atoms with Crippen molar-refractivity contribution in [1.82, 2.24) is 19.9 Å². The Labute approximate surface area is 106 Å². The minimum Gasteiger partial charge on any atom is -0.345 e. The lowest BCUT2D eigenvalue weighted by atomic mass is 10.1. The highest BCUT2D eigenvalue weighted by Gasteiger charge is 2.10. The molecule has 0 bridgehead atoms. The topological polar surface area (TPSA) is 59.8 Å². The molecule has 2 rings (SSSR count). The fourth-order valence-electron chi connectivity index (χ4n) is 1.64. The number of carbonyl (C=O) groups is 1. The Morgan fingerprint density at radius 3 is 2.78 bits per heavy atom. The minimum absolute atomic E-state index is 0.180. The molecule has 0 saturated heterocycles. The Balaban J connectivity index is 2.02. The van der Waals surface area contributed by atoms with E-state index in [2.05, 4.69) is 15.3 Å². The van der Waals surface area contributed by atoms with Gasteiger partial charge in [-0.25, -0.2) is 4.98 Å². The van der Waals surface area contributed by atoms with Crippen molar-refractivity contribution in [1.29, 1.82) is 0 Å². The predicted molar refractivity (Wildman–Crippen MR) is 68.1 cm³/mol. The van der Waals surface area contributed by atoms with Crippen LogP contribution in [0, 0.1) is 13.8 Å². The van der Waals surface area contributed by atoms with Gasteiger partial charge in [-0.05, 0) is 25.0 Å². The van der Waals surface area contributed by atoms with Crippen molar-refractivity contribution in [3.8, 4) is 0 Å². The molecule has 18 heavy (non-hydrogen) atoms. The lowest BCUT2D eigenvalue weighted by molar-refractivity contribution is 0.0937. The molecule has 0 aliphatic carbocycles. The Kier molecular flexibility index (Phi) is 3.41. The van der Waals surface area contributed by atoms with Gasteiger partial charge in [0.05, 0.1) is 0 Å². The van der Waals surface area contributed by atoms with Crippen molar-refractivity contribution < 1.29 is 4.79 Å². The number of aryl methyl sites for hydroxylation is 3. The zero-order valence-electron chi connectivity index (χ0n) is 10.8. The normalized spacial score (nSPS) is 10.4. The lowest BCUT2D eigenvalue weighted by Gasteiger charge is -2.06. The molecule has 0 fully saturated rings. The molecular weight excluding hydrogens is 228 g/mol. The van der Waals surface area contributed by atoms with Gasteiger partial charge in [0.15, 0.2) is 5.82 Å². The third kappa shape index (κ3) is 2.56. The molecule has 0 atom stereocenters. The van der Waals surface area contributed by atoms with E-state index in [4.69, 9.17) is 0 Å². The second-order valence-electron chi connectivity index (χ2n) is 4.29. The Bertz CT molecular complexity index is 574. The molecule has 0 saturated carbocycles. The van der Waals surface area contributed by atoms with Gasteiger partial charge in [-0.3, -0.25) is 9.78 Å². The van der Waals surface area contributed by atoms with E-state index in [1.54, 1.807) is 30.2 Å². The molecule has 5 nitrogen and oxygen atoms in total. The fourth-order valence-corrected chi connectivity index (χ4v) is 1.64. The van der Waals surface area contributed by atoms with Crippen molar-refractivity contribution in [2.75, 3.05) is 0 Å².